The molecule has 5 nitrogen and oxygen atoms in total. The fourth-order valence-electron chi connectivity index (χ4n) is 2.09. The van der Waals surface area contributed by atoms with E-state index >= 15 is 0 Å². The van der Waals surface area contributed by atoms with Gasteiger partial charge in [0, 0.05) is 5.92 Å². The van der Waals surface area contributed by atoms with Crippen molar-refractivity contribution in [2.75, 3.05) is 0 Å². The van der Waals surface area contributed by atoms with Crippen LogP contribution < -0.4 is 0 Å². The Morgan fingerprint density at radius 1 is 1.60 bits per heavy atom. The molecule has 0 fully saturated rings. The lowest BCUT2D eigenvalue weighted by Crippen LogP contribution is -2.13. The number of hydrogen-bond donors (Lipinski definition) is 1. The van der Waals surface area contributed by atoms with E-state index in [0.29, 0.717) is 0 Å². The van der Waals surface area contributed by atoms with Crippen molar-refractivity contribution in [1.29, 1.82) is 0 Å². The van der Waals surface area contributed by atoms with Crippen LogP contribution in [0.2, 0.25) is 0 Å². The van der Waals surface area contributed by atoms with Crippen LogP contribution in [0.4, 0.5) is 0 Å². The number of aryl methyl sites for hydroxylation is 2. The fraction of sp³-hybridized carbons (Fsp3) is 0.700. The van der Waals surface area contributed by atoms with Crippen LogP contribution in [0, 0.1) is 0 Å². The van der Waals surface area contributed by atoms with Crippen molar-refractivity contribution in [1.82, 2.24) is 15.0 Å². The number of fused-ring (bicyclic) bond motifs is 1. The summed E-state index contributed by atoms with van der Waals surface area (Å²) in [7, 11) is 0. The van der Waals surface area contributed by atoms with E-state index in [1.54, 1.807) is 4.80 Å². The van der Waals surface area contributed by atoms with Crippen molar-refractivity contribution in [3.8, 4) is 0 Å². The van der Waals surface area contributed by atoms with Crippen molar-refractivity contribution >= 4 is 5.97 Å². The molecule has 0 saturated carbocycles. The number of carboxylic acids is 1. The zero-order valence-electron chi connectivity index (χ0n) is 8.81. The Kier molecular flexibility index (Phi) is 2.70. The third kappa shape index (κ3) is 2.00. The summed E-state index contributed by atoms with van der Waals surface area (Å²) in [5.74, 6) is -0.689. The average molecular weight is 209 g/mol. The highest BCUT2D eigenvalue weighted by atomic mass is 16.4. The quantitative estimate of drug-likeness (QED) is 0.812. The molecule has 1 heterocycles. The normalized spacial score (nSPS) is 19.9. The third-order valence-electron chi connectivity index (χ3n) is 2.81. The number of nitrogens with zero attached hydrogens (tertiary/aromatic N) is 3. The fourth-order valence-corrected chi connectivity index (χ4v) is 2.09. The summed E-state index contributed by atoms with van der Waals surface area (Å²) in [6.07, 6.45) is 3.05. The lowest BCUT2D eigenvalue weighted by Gasteiger charge is -2.17. The van der Waals surface area contributed by atoms with Crippen LogP contribution >= 0.6 is 0 Å². The van der Waals surface area contributed by atoms with Crippen molar-refractivity contribution in [2.24, 2.45) is 0 Å². The van der Waals surface area contributed by atoms with Crippen molar-refractivity contribution < 1.29 is 9.90 Å². The number of rotatable bonds is 3. The summed E-state index contributed by atoms with van der Waals surface area (Å²) in [4.78, 5) is 12.4. The summed E-state index contributed by atoms with van der Waals surface area (Å²) in [5.41, 5.74) is 1.90. The first-order valence-electron chi connectivity index (χ1n) is 5.36. The minimum absolute atomic E-state index is 0.0616. The number of hydrogen-bond acceptors (Lipinski definition) is 3. The lowest BCUT2D eigenvalue weighted by atomic mass is 9.88. The van der Waals surface area contributed by atoms with E-state index in [-0.39, 0.29) is 12.3 Å². The highest BCUT2D eigenvalue weighted by molar-refractivity contribution is 5.68. The number of aromatic nitrogens is 3. The second-order valence-electron chi connectivity index (χ2n) is 3.91. The van der Waals surface area contributed by atoms with Gasteiger partial charge in [-0.05, 0) is 26.2 Å². The van der Waals surface area contributed by atoms with Crippen molar-refractivity contribution in [2.45, 2.75) is 45.1 Å². The molecule has 0 bridgehead atoms. The van der Waals surface area contributed by atoms with E-state index in [2.05, 4.69) is 10.2 Å². The molecule has 1 aromatic rings. The monoisotopic (exact) mass is 209 g/mol. The second-order valence-corrected chi connectivity index (χ2v) is 3.91. The van der Waals surface area contributed by atoms with Gasteiger partial charge in [-0.1, -0.05) is 0 Å². The van der Waals surface area contributed by atoms with Gasteiger partial charge in [0.25, 0.3) is 0 Å². The third-order valence-corrected chi connectivity index (χ3v) is 2.81. The molecule has 1 atom stereocenters. The molecular formula is C10H15N3O2. The van der Waals surface area contributed by atoms with Gasteiger partial charge in [0.1, 0.15) is 0 Å². The zero-order valence-corrected chi connectivity index (χ0v) is 8.81. The van der Waals surface area contributed by atoms with Gasteiger partial charge < -0.3 is 5.11 Å². The van der Waals surface area contributed by atoms with Gasteiger partial charge in [-0.3, -0.25) is 4.79 Å². The molecular weight excluding hydrogens is 194 g/mol. The van der Waals surface area contributed by atoms with E-state index in [1.165, 1.54) is 0 Å². The van der Waals surface area contributed by atoms with Gasteiger partial charge in [-0.25, -0.2) is 0 Å². The van der Waals surface area contributed by atoms with E-state index < -0.39 is 5.97 Å². The van der Waals surface area contributed by atoms with E-state index in [9.17, 15) is 4.79 Å². The number of carboxylic acid groups (broad SMARTS) is 1. The Morgan fingerprint density at radius 2 is 2.40 bits per heavy atom. The Hall–Kier alpha value is -1.39. The molecule has 2 rings (SSSR count). The number of aliphatic carboxylic acids is 1. The Labute approximate surface area is 88.1 Å². The van der Waals surface area contributed by atoms with Crippen molar-refractivity contribution in [3.63, 3.8) is 0 Å². The first-order valence-corrected chi connectivity index (χ1v) is 5.36. The van der Waals surface area contributed by atoms with Gasteiger partial charge in [0.2, 0.25) is 0 Å². The minimum Gasteiger partial charge on any atom is -0.481 e. The maximum atomic E-state index is 10.7. The first kappa shape index (κ1) is 10.1. The molecule has 15 heavy (non-hydrogen) atoms. The van der Waals surface area contributed by atoms with Crippen LogP contribution in [0.3, 0.4) is 0 Å². The number of carbonyl (C=O) groups is 1. The summed E-state index contributed by atoms with van der Waals surface area (Å²) in [6, 6.07) is 0. The van der Waals surface area contributed by atoms with Crippen LogP contribution in [-0.2, 0) is 17.8 Å². The molecule has 0 aliphatic heterocycles. The Bertz CT molecular complexity index is 373. The topological polar surface area (TPSA) is 68.0 Å². The maximum absolute atomic E-state index is 10.7. The molecule has 1 aromatic heterocycles. The summed E-state index contributed by atoms with van der Waals surface area (Å²) in [6.45, 7) is 2.73. The van der Waals surface area contributed by atoms with Gasteiger partial charge in [-0.15, -0.1) is 0 Å². The molecule has 82 valence electrons. The van der Waals surface area contributed by atoms with Crippen LogP contribution in [0.5, 0.6) is 0 Å². The molecule has 1 N–H and O–H groups in total. The van der Waals surface area contributed by atoms with Crippen LogP contribution in [0.25, 0.3) is 0 Å². The lowest BCUT2D eigenvalue weighted by molar-refractivity contribution is -0.137. The van der Waals surface area contributed by atoms with E-state index in [4.69, 9.17) is 5.11 Å². The molecule has 5 heteroatoms. The standard InChI is InChI=1S/C10H15N3O2/c1-2-13-11-8-5-3-4-7(6-9(14)15)10(8)12-13/h7H,2-6H2,1H3,(H,14,15). The second kappa shape index (κ2) is 4.00. The smallest absolute Gasteiger partial charge is 0.304 e. The summed E-state index contributed by atoms with van der Waals surface area (Å²) >= 11 is 0. The van der Waals surface area contributed by atoms with Crippen LogP contribution in [0.1, 0.15) is 43.5 Å². The van der Waals surface area contributed by atoms with E-state index in [1.807, 2.05) is 6.92 Å². The highest BCUT2D eigenvalue weighted by Gasteiger charge is 2.26. The molecule has 0 radical (unpaired) electrons. The maximum Gasteiger partial charge on any atom is 0.304 e. The van der Waals surface area contributed by atoms with E-state index in [0.717, 1.165) is 37.2 Å². The largest absolute Gasteiger partial charge is 0.481 e. The van der Waals surface area contributed by atoms with Crippen molar-refractivity contribution in [3.05, 3.63) is 11.4 Å². The molecule has 0 amide bonds. The molecule has 1 unspecified atom stereocenters. The summed E-state index contributed by atoms with van der Waals surface area (Å²) in [5, 5.41) is 17.5. The van der Waals surface area contributed by atoms with Crippen LogP contribution in [-0.4, -0.2) is 26.1 Å². The molecule has 0 spiro atoms. The minimum atomic E-state index is -0.751. The average Bonchev–Trinajstić information content (AvgIpc) is 2.61. The highest BCUT2D eigenvalue weighted by Crippen LogP contribution is 2.31. The predicted molar refractivity (Wildman–Crippen MR) is 53.6 cm³/mol. The van der Waals surface area contributed by atoms with Gasteiger partial charge in [0.05, 0.1) is 24.4 Å². The van der Waals surface area contributed by atoms with Gasteiger partial charge in [-0.2, -0.15) is 15.0 Å². The molecule has 0 saturated heterocycles. The predicted octanol–water partition coefficient (Wildman–Crippen LogP) is 1.19. The first-order chi connectivity index (χ1) is 7.20. The molecule has 1 aliphatic rings. The molecule has 0 aromatic carbocycles. The van der Waals surface area contributed by atoms with Gasteiger partial charge in [0.15, 0.2) is 0 Å². The summed E-state index contributed by atoms with van der Waals surface area (Å²) < 4.78 is 0. The SMILES string of the molecule is CCn1nc2c(n1)C(CC(=O)O)CCC2. The van der Waals surface area contributed by atoms with Gasteiger partial charge >= 0.3 is 5.97 Å². The zero-order chi connectivity index (χ0) is 10.8. The van der Waals surface area contributed by atoms with Crippen LogP contribution in [0.15, 0.2) is 0 Å². The molecule has 1 aliphatic carbocycles. The Morgan fingerprint density at radius 3 is 3.07 bits per heavy atom. The Balaban J connectivity index is 2.24.